The molecule has 4 heteroatoms. The molecule has 178 valence electrons. The van der Waals surface area contributed by atoms with Gasteiger partial charge in [0.25, 0.3) is 5.91 Å². The number of fused-ring (bicyclic) bond motifs is 1. The van der Waals surface area contributed by atoms with Crippen LogP contribution in [0.15, 0.2) is 89.6 Å². The van der Waals surface area contributed by atoms with Gasteiger partial charge in [-0.05, 0) is 82.6 Å². The molecular formula is C31H32N2OS. The lowest BCUT2D eigenvalue weighted by Crippen LogP contribution is -2.38. The summed E-state index contributed by atoms with van der Waals surface area (Å²) >= 11 is 1.76. The van der Waals surface area contributed by atoms with Crippen LogP contribution in [0.4, 0.5) is 0 Å². The van der Waals surface area contributed by atoms with E-state index < -0.39 is 0 Å². The van der Waals surface area contributed by atoms with E-state index in [-0.39, 0.29) is 5.91 Å². The topological polar surface area (TPSA) is 23.6 Å². The molecule has 2 saturated heterocycles. The first kappa shape index (κ1) is 22.5. The fourth-order valence-electron chi connectivity index (χ4n) is 6.17. The Bertz CT molecular complexity index is 1270. The van der Waals surface area contributed by atoms with Crippen molar-refractivity contribution in [1.29, 1.82) is 0 Å². The van der Waals surface area contributed by atoms with Crippen LogP contribution >= 0.6 is 11.3 Å². The van der Waals surface area contributed by atoms with Gasteiger partial charge in [-0.1, -0.05) is 66.7 Å². The van der Waals surface area contributed by atoms with Crippen LogP contribution in [0.3, 0.4) is 0 Å². The lowest BCUT2D eigenvalue weighted by Gasteiger charge is -2.34. The van der Waals surface area contributed by atoms with Gasteiger partial charge in [0.15, 0.2) is 0 Å². The minimum Gasteiger partial charge on any atom is -0.338 e. The molecule has 0 radical (unpaired) electrons. The zero-order chi connectivity index (χ0) is 23.6. The van der Waals surface area contributed by atoms with E-state index >= 15 is 0 Å². The molecule has 4 aromatic rings. The largest absolute Gasteiger partial charge is 0.338 e. The van der Waals surface area contributed by atoms with E-state index in [1.54, 1.807) is 11.3 Å². The van der Waals surface area contributed by atoms with Gasteiger partial charge < -0.3 is 9.80 Å². The van der Waals surface area contributed by atoms with Crippen molar-refractivity contribution in [3.8, 4) is 0 Å². The highest BCUT2D eigenvalue weighted by Gasteiger charge is 2.38. The second-order valence-electron chi connectivity index (χ2n) is 10.1. The van der Waals surface area contributed by atoms with Gasteiger partial charge >= 0.3 is 0 Å². The number of carbonyl (C=O) groups excluding carboxylic acids is 1. The van der Waals surface area contributed by atoms with Crippen LogP contribution in [-0.2, 0) is 0 Å². The number of piperidine rings is 1. The molecule has 0 bridgehead atoms. The summed E-state index contributed by atoms with van der Waals surface area (Å²) in [6, 6.07) is 27.6. The molecule has 3 aromatic carbocycles. The Morgan fingerprint density at radius 2 is 1.60 bits per heavy atom. The van der Waals surface area contributed by atoms with Gasteiger partial charge in [0.1, 0.15) is 0 Å². The summed E-state index contributed by atoms with van der Waals surface area (Å²) in [5.41, 5.74) is 3.71. The standard InChI is InChI=1S/C31H32N2OS/c34-31(29-12-6-10-25-9-4-5-11-28(25)29)33-20-27(30(21-33)26-15-18-35-22-26)19-32-16-13-24(14-17-32)23-7-2-1-3-8-23/h1-12,15,18,22,24,27,30H,13-14,16-17,19-21H2/t27-,30+/m0/s1. The van der Waals surface area contributed by atoms with E-state index in [4.69, 9.17) is 0 Å². The maximum atomic E-state index is 13.7. The molecule has 0 spiro atoms. The minimum absolute atomic E-state index is 0.173. The quantitative estimate of drug-likeness (QED) is 0.320. The first-order valence-electron chi connectivity index (χ1n) is 12.8. The fraction of sp³-hybridized carbons (Fsp3) is 0.323. The molecule has 2 aliphatic rings. The van der Waals surface area contributed by atoms with E-state index in [0.717, 1.165) is 49.1 Å². The summed E-state index contributed by atoms with van der Waals surface area (Å²) in [7, 11) is 0. The third-order valence-corrected chi connectivity index (χ3v) is 8.77. The summed E-state index contributed by atoms with van der Waals surface area (Å²) in [5, 5.41) is 6.64. The Labute approximate surface area is 212 Å². The molecule has 0 N–H and O–H groups in total. The summed E-state index contributed by atoms with van der Waals surface area (Å²) in [6.45, 7) is 5.00. The Hall–Kier alpha value is -2.95. The number of likely N-dealkylation sites (tertiary alicyclic amines) is 2. The molecule has 0 saturated carbocycles. The van der Waals surface area contributed by atoms with Crippen molar-refractivity contribution in [3.63, 3.8) is 0 Å². The Morgan fingerprint density at radius 1 is 0.829 bits per heavy atom. The van der Waals surface area contributed by atoms with Crippen molar-refractivity contribution >= 4 is 28.0 Å². The highest BCUT2D eigenvalue weighted by molar-refractivity contribution is 7.08. The van der Waals surface area contributed by atoms with Crippen LogP contribution < -0.4 is 0 Å². The van der Waals surface area contributed by atoms with Crippen molar-refractivity contribution in [2.45, 2.75) is 24.7 Å². The average Bonchev–Trinajstić information content (AvgIpc) is 3.59. The third kappa shape index (κ3) is 4.65. The Kier molecular flexibility index (Phi) is 6.41. The monoisotopic (exact) mass is 480 g/mol. The number of hydrogen-bond donors (Lipinski definition) is 0. The number of carbonyl (C=O) groups is 1. The van der Waals surface area contributed by atoms with Crippen molar-refractivity contribution < 1.29 is 4.79 Å². The highest BCUT2D eigenvalue weighted by Crippen LogP contribution is 2.37. The number of benzene rings is 3. The van der Waals surface area contributed by atoms with Gasteiger partial charge in [-0.2, -0.15) is 11.3 Å². The second kappa shape index (κ2) is 9.96. The second-order valence-corrected chi connectivity index (χ2v) is 10.9. The highest BCUT2D eigenvalue weighted by atomic mass is 32.1. The molecule has 3 heterocycles. The van der Waals surface area contributed by atoms with E-state index in [1.807, 2.05) is 24.3 Å². The number of nitrogens with zero attached hydrogens (tertiary/aromatic N) is 2. The number of thiophene rings is 1. The first-order chi connectivity index (χ1) is 17.3. The number of rotatable bonds is 5. The SMILES string of the molecule is O=C(c1cccc2ccccc12)N1C[C@H](CN2CCC(c3ccccc3)CC2)[C@@H](c2ccsc2)C1. The number of amides is 1. The molecule has 3 nitrogen and oxygen atoms in total. The van der Waals surface area contributed by atoms with Crippen LogP contribution in [0.2, 0.25) is 0 Å². The summed E-state index contributed by atoms with van der Waals surface area (Å²) < 4.78 is 0. The smallest absolute Gasteiger partial charge is 0.254 e. The predicted octanol–water partition coefficient (Wildman–Crippen LogP) is 6.64. The Balaban J connectivity index is 1.18. The molecule has 1 aromatic heterocycles. The normalized spacial score (nSPS) is 21.5. The molecule has 35 heavy (non-hydrogen) atoms. The summed E-state index contributed by atoms with van der Waals surface area (Å²) in [6.07, 6.45) is 2.44. The third-order valence-electron chi connectivity index (χ3n) is 8.07. The molecule has 0 aliphatic carbocycles. The molecular weight excluding hydrogens is 448 g/mol. The van der Waals surface area contributed by atoms with Crippen LogP contribution in [0.1, 0.15) is 46.2 Å². The van der Waals surface area contributed by atoms with Gasteiger partial charge in [0.2, 0.25) is 0 Å². The van der Waals surface area contributed by atoms with E-state index in [1.165, 1.54) is 24.0 Å². The Morgan fingerprint density at radius 3 is 2.40 bits per heavy atom. The van der Waals surface area contributed by atoms with Crippen LogP contribution in [0, 0.1) is 5.92 Å². The fourth-order valence-corrected chi connectivity index (χ4v) is 6.90. The van der Waals surface area contributed by atoms with Crippen molar-refractivity contribution in [3.05, 3.63) is 106 Å². The minimum atomic E-state index is 0.173. The average molecular weight is 481 g/mol. The molecule has 2 atom stereocenters. The van der Waals surface area contributed by atoms with Crippen LogP contribution in [0.5, 0.6) is 0 Å². The van der Waals surface area contributed by atoms with E-state index in [2.05, 4.69) is 75.2 Å². The lowest BCUT2D eigenvalue weighted by atomic mass is 9.87. The zero-order valence-electron chi connectivity index (χ0n) is 20.1. The van der Waals surface area contributed by atoms with Crippen LogP contribution in [-0.4, -0.2) is 48.4 Å². The van der Waals surface area contributed by atoms with Gasteiger partial charge in [-0.15, -0.1) is 0 Å². The van der Waals surface area contributed by atoms with Crippen molar-refractivity contribution in [2.24, 2.45) is 5.92 Å². The van der Waals surface area contributed by atoms with Crippen molar-refractivity contribution in [1.82, 2.24) is 9.80 Å². The molecule has 2 aliphatic heterocycles. The van der Waals surface area contributed by atoms with Crippen molar-refractivity contribution in [2.75, 3.05) is 32.7 Å². The lowest BCUT2D eigenvalue weighted by molar-refractivity contribution is 0.0783. The van der Waals surface area contributed by atoms with Gasteiger partial charge in [0, 0.05) is 31.1 Å². The van der Waals surface area contributed by atoms with E-state index in [9.17, 15) is 4.79 Å². The number of hydrogen-bond acceptors (Lipinski definition) is 3. The summed E-state index contributed by atoms with van der Waals surface area (Å²) in [5.74, 6) is 1.73. The molecule has 1 amide bonds. The summed E-state index contributed by atoms with van der Waals surface area (Å²) in [4.78, 5) is 18.5. The van der Waals surface area contributed by atoms with E-state index in [0.29, 0.717) is 17.8 Å². The zero-order valence-corrected chi connectivity index (χ0v) is 20.9. The predicted molar refractivity (Wildman–Crippen MR) is 145 cm³/mol. The van der Waals surface area contributed by atoms with Gasteiger partial charge in [-0.25, -0.2) is 0 Å². The molecule has 2 fully saturated rings. The maximum absolute atomic E-state index is 13.7. The van der Waals surface area contributed by atoms with Crippen LogP contribution in [0.25, 0.3) is 10.8 Å². The first-order valence-corrected chi connectivity index (χ1v) is 13.8. The maximum Gasteiger partial charge on any atom is 0.254 e. The molecule has 6 rings (SSSR count). The van der Waals surface area contributed by atoms with Gasteiger partial charge in [-0.3, -0.25) is 4.79 Å². The molecule has 0 unspecified atom stereocenters. The van der Waals surface area contributed by atoms with Gasteiger partial charge in [0.05, 0.1) is 0 Å².